The molecule has 1 heterocycles. The van der Waals surface area contributed by atoms with Crippen molar-refractivity contribution in [3.63, 3.8) is 0 Å². The van der Waals surface area contributed by atoms with Crippen molar-refractivity contribution in [1.29, 1.82) is 0 Å². The molecule has 6 N–H and O–H groups in total. The van der Waals surface area contributed by atoms with Gasteiger partial charge in [-0.1, -0.05) is 42.5 Å². The van der Waals surface area contributed by atoms with Gasteiger partial charge in [0, 0.05) is 18.7 Å². The molecule has 0 fully saturated rings. The van der Waals surface area contributed by atoms with Gasteiger partial charge in [0.1, 0.15) is 11.7 Å². The van der Waals surface area contributed by atoms with Crippen LogP contribution in [0.4, 0.5) is 5.69 Å². The van der Waals surface area contributed by atoms with Gasteiger partial charge in [-0.05, 0) is 62.1 Å². The molecule has 0 saturated carbocycles. The van der Waals surface area contributed by atoms with Crippen LogP contribution in [0.2, 0.25) is 0 Å². The van der Waals surface area contributed by atoms with Gasteiger partial charge < -0.3 is 11.5 Å². The number of sulfonamides is 1. The molecular weight excluding hydrogens is 520 g/mol. The number of pyridine rings is 1. The summed E-state index contributed by atoms with van der Waals surface area (Å²) in [5, 5.41) is 0. The number of nitrogens with one attached hydrogen (secondary N) is 2. The molecule has 12 heteroatoms. The lowest BCUT2D eigenvalue weighted by Crippen LogP contribution is -2.38. The highest BCUT2D eigenvalue weighted by Crippen LogP contribution is 2.18. The molecule has 2 aromatic carbocycles. The molecule has 0 aliphatic carbocycles. The number of anilines is 1. The number of aliphatic imine (C=N–C) groups is 1. The first-order valence-electron chi connectivity index (χ1n) is 12.4. The molecular formula is C27H34N6O5S. The number of aromatic nitrogens is 1. The number of nitrogens with two attached hydrogens (primary N) is 2. The second-order valence-corrected chi connectivity index (χ2v) is 10.7. The van der Waals surface area contributed by atoms with Crippen molar-refractivity contribution in [3.05, 3.63) is 93.9 Å². The van der Waals surface area contributed by atoms with Crippen LogP contribution in [0, 0.1) is 13.8 Å². The minimum Gasteiger partial charge on any atom is -0.368 e. The second kappa shape index (κ2) is 13.6. The van der Waals surface area contributed by atoms with Crippen LogP contribution >= 0.6 is 0 Å². The van der Waals surface area contributed by atoms with Gasteiger partial charge in [0.25, 0.3) is 15.6 Å². The maximum atomic E-state index is 13.2. The van der Waals surface area contributed by atoms with Crippen molar-refractivity contribution >= 4 is 27.6 Å². The number of hydrogen-bond donors (Lipinski definition) is 4. The molecule has 208 valence electrons. The van der Waals surface area contributed by atoms with Crippen LogP contribution in [-0.4, -0.2) is 38.0 Å². The van der Waals surface area contributed by atoms with Gasteiger partial charge in [-0.25, -0.2) is 13.9 Å². The van der Waals surface area contributed by atoms with Crippen LogP contribution in [-0.2, 0) is 26.1 Å². The molecule has 3 aromatic rings. The van der Waals surface area contributed by atoms with Gasteiger partial charge in [-0.3, -0.25) is 28.7 Å². The van der Waals surface area contributed by atoms with E-state index < -0.39 is 27.5 Å². The first-order valence-corrected chi connectivity index (χ1v) is 13.9. The first-order chi connectivity index (χ1) is 18.6. The van der Waals surface area contributed by atoms with Crippen molar-refractivity contribution in [1.82, 2.24) is 10.0 Å². The summed E-state index contributed by atoms with van der Waals surface area (Å²) in [6.45, 7) is 3.85. The number of rotatable bonds is 13. The fourth-order valence-electron chi connectivity index (χ4n) is 3.95. The van der Waals surface area contributed by atoms with Gasteiger partial charge in [-0.15, -0.1) is 0 Å². The molecule has 1 unspecified atom stereocenters. The van der Waals surface area contributed by atoms with E-state index in [9.17, 15) is 18.0 Å². The van der Waals surface area contributed by atoms with Crippen molar-refractivity contribution < 1.29 is 18.0 Å². The number of carbonyl (C=O) groups is 1. The lowest BCUT2D eigenvalue weighted by atomic mass is 10.1. The number of primary amides is 1. The average Bonchev–Trinajstić information content (AvgIpc) is 2.90. The zero-order valence-corrected chi connectivity index (χ0v) is 22.8. The molecule has 1 atom stereocenters. The zero-order valence-electron chi connectivity index (χ0n) is 22.0. The number of guanidine groups is 1. The van der Waals surface area contributed by atoms with Crippen molar-refractivity contribution in [2.24, 2.45) is 16.5 Å². The van der Waals surface area contributed by atoms with Gasteiger partial charge >= 0.3 is 0 Å². The Morgan fingerprint density at radius 2 is 1.79 bits per heavy atom. The maximum absolute atomic E-state index is 13.2. The van der Waals surface area contributed by atoms with E-state index in [-0.39, 0.29) is 29.6 Å². The molecule has 11 nitrogen and oxygen atoms in total. The Hall–Kier alpha value is -4.16. The minimum absolute atomic E-state index is 0.0132. The summed E-state index contributed by atoms with van der Waals surface area (Å²) in [7, 11) is -4.03. The summed E-state index contributed by atoms with van der Waals surface area (Å²) < 4.78 is 29.2. The second-order valence-electron chi connectivity index (χ2n) is 9.00. The number of carbonyl (C=O) groups excluding carboxylic acids is 1. The standard InChI is InChI=1S/C27H34N6O5S/c1-19-8-6-12-22(18-19)39(36,37)32-23-14-13-20(2)33(26(23)35)24(25(28)34)15-17-38-31-27(29)30-16-7-11-21-9-4-3-5-10-21/h3-6,8-10,12-14,18,24,32H,7,11,15-17H2,1-2H3,(H2,28,34)(H3,29,30,31). The topological polar surface area (TPSA) is 171 Å². The molecule has 3 rings (SSSR count). The smallest absolute Gasteiger partial charge is 0.275 e. The Kier molecular flexibility index (Phi) is 10.2. The van der Waals surface area contributed by atoms with E-state index in [4.69, 9.17) is 16.3 Å². The number of aryl methyl sites for hydroxylation is 3. The van der Waals surface area contributed by atoms with Crippen molar-refractivity contribution in [2.45, 2.75) is 44.0 Å². The maximum Gasteiger partial charge on any atom is 0.275 e. The third-order valence-electron chi connectivity index (χ3n) is 5.92. The van der Waals surface area contributed by atoms with Crippen LogP contribution in [0.3, 0.4) is 0 Å². The summed E-state index contributed by atoms with van der Waals surface area (Å²) >= 11 is 0. The Morgan fingerprint density at radius 1 is 1.05 bits per heavy atom. The van der Waals surface area contributed by atoms with Crippen LogP contribution in [0.1, 0.15) is 35.7 Å². The Balaban J connectivity index is 1.61. The van der Waals surface area contributed by atoms with E-state index in [1.165, 1.54) is 29.8 Å². The Bertz CT molecular complexity index is 1470. The average molecular weight is 555 g/mol. The summed E-state index contributed by atoms with van der Waals surface area (Å²) in [5.41, 5.74) is 15.4. The van der Waals surface area contributed by atoms with E-state index in [2.05, 4.69) is 15.2 Å². The number of benzene rings is 2. The van der Waals surface area contributed by atoms with Crippen LogP contribution in [0.5, 0.6) is 0 Å². The van der Waals surface area contributed by atoms with Gasteiger partial charge in [0.05, 0.1) is 11.5 Å². The molecule has 0 saturated heterocycles. The van der Waals surface area contributed by atoms with Crippen molar-refractivity contribution in [2.75, 3.05) is 17.9 Å². The van der Waals surface area contributed by atoms with E-state index >= 15 is 0 Å². The lowest BCUT2D eigenvalue weighted by Gasteiger charge is -2.20. The summed E-state index contributed by atoms with van der Waals surface area (Å²) in [5.74, 6) is -0.690. The van der Waals surface area contributed by atoms with Crippen LogP contribution < -0.4 is 27.2 Å². The number of hydrogen-bond acceptors (Lipinski definition) is 6. The van der Waals surface area contributed by atoms with E-state index in [1.54, 1.807) is 26.0 Å². The molecule has 39 heavy (non-hydrogen) atoms. The van der Waals surface area contributed by atoms with Gasteiger partial charge in [-0.2, -0.15) is 0 Å². The Morgan fingerprint density at radius 3 is 2.49 bits per heavy atom. The third kappa shape index (κ3) is 8.42. The summed E-state index contributed by atoms with van der Waals surface area (Å²) in [6, 6.07) is 18.1. The number of hydroxylamine groups is 1. The van der Waals surface area contributed by atoms with Crippen molar-refractivity contribution in [3.8, 4) is 0 Å². The lowest BCUT2D eigenvalue weighted by molar-refractivity contribution is -0.122. The largest absolute Gasteiger partial charge is 0.368 e. The van der Waals surface area contributed by atoms with Crippen LogP contribution in [0.15, 0.2) is 81.4 Å². The quantitative estimate of drug-likeness (QED) is 0.108. The third-order valence-corrected chi connectivity index (χ3v) is 7.29. The zero-order chi connectivity index (χ0) is 28.4. The highest BCUT2D eigenvalue weighted by Gasteiger charge is 2.24. The van der Waals surface area contributed by atoms with Gasteiger partial charge in [0.15, 0.2) is 0 Å². The van der Waals surface area contributed by atoms with E-state index in [0.29, 0.717) is 12.2 Å². The monoisotopic (exact) mass is 554 g/mol. The fraction of sp³-hybridized carbons (Fsp3) is 0.296. The highest BCUT2D eigenvalue weighted by atomic mass is 32.2. The van der Waals surface area contributed by atoms with Crippen LogP contribution in [0.25, 0.3) is 0 Å². The predicted octanol–water partition coefficient (Wildman–Crippen LogP) is 2.15. The summed E-state index contributed by atoms with van der Waals surface area (Å²) in [4.78, 5) is 35.1. The molecule has 1 aromatic heterocycles. The predicted molar refractivity (Wildman–Crippen MR) is 151 cm³/mol. The SMILES string of the molecule is Cc1cccc(S(=O)(=O)Nc2ccc(C)n(C(CCONC(N)=NCCCc3ccccc3)C(N)=O)c2=O)c1. The molecule has 0 radical (unpaired) electrons. The van der Waals surface area contributed by atoms with E-state index in [1.807, 2.05) is 30.3 Å². The van der Waals surface area contributed by atoms with Gasteiger partial charge in [0.2, 0.25) is 11.9 Å². The number of amides is 1. The normalized spacial score (nSPS) is 12.6. The summed E-state index contributed by atoms with van der Waals surface area (Å²) in [6.07, 6.45) is 1.70. The first kappa shape index (κ1) is 29.4. The fourth-order valence-corrected chi connectivity index (χ4v) is 5.11. The molecule has 0 aliphatic heterocycles. The molecule has 1 amide bonds. The minimum atomic E-state index is -4.03. The number of nitrogens with zero attached hydrogens (tertiary/aromatic N) is 2. The van der Waals surface area contributed by atoms with E-state index in [0.717, 1.165) is 23.0 Å². The molecule has 0 spiro atoms. The molecule has 0 aliphatic rings. The Labute approximate surface area is 227 Å². The highest BCUT2D eigenvalue weighted by molar-refractivity contribution is 7.92. The molecule has 0 bridgehead atoms.